The molecule has 16 heavy (non-hydrogen) atoms. The molecule has 5 nitrogen and oxygen atoms in total. The lowest BCUT2D eigenvalue weighted by Crippen LogP contribution is -2.06. The van der Waals surface area contributed by atoms with Gasteiger partial charge in [0.15, 0.2) is 0 Å². The molecule has 78 valence electrons. The number of allylic oxidation sites excluding steroid dienone is 1. The number of anilines is 1. The first kappa shape index (κ1) is 11.3. The number of carboxylic acid groups (broad SMARTS) is 1. The molecular formula is C11H7N3O2. The molecule has 0 bridgehead atoms. The van der Waals surface area contributed by atoms with Crippen molar-refractivity contribution in [3.8, 4) is 12.1 Å². The Balaban J connectivity index is 2.89. The van der Waals surface area contributed by atoms with Gasteiger partial charge in [-0.15, -0.1) is 0 Å². The van der Waals surface area contributed by atoms with E-state index in [-0.39, 0.29) is 5.57 Å². The molecular weight excluding hydrogens is 206 g/mol. The molecule has 0 atom stereocenters. The number of nitriles is 2. The zero-order valence-corrected chi connectivity index (χ0v) is 8.14. The summed E-state index contributed by atoms with van der Waals surface area (Å²) in [4.78, 5) is 10.3. The fourth-order valence-corrected chi connectivity index (χ4v) is 1.04. The zero-order valence-electron chi connectivity index (χ0n) is 8.14. The second-order valence-corrected chi connectivity index (χ2v) is 2.83. The van der Waals surface area contributed by atoms with Gasteiger partial charge in [0.1, 0.15) is 17.7 Å². The van der Waals surface area contributed by atoms with Crippen LogP contribution >= 0.6 is 0 Å². The van der Waals surface area contributed by atoms with Crippen molar-refractivity contribution in [3.63, 3.8) is 0 Å². The van der Waals surface area contributed by atoms with Gasteiger partial charge in [0.05, 0.1) is 0 Å². The molecule has 1 amide bonds. The molecule has 0 aliphatic heterocycles. The van der Waals surface area contributed by atoms with Gasteiger partial charge in [-0.2, -0.15) is 10.5 Å². The Hall–Kier alpha value is -2.79. The number of nitrogens with zero attached hydrogens (tertiary/aromatic N) is 2. The number of nitrogens with one attached hydrogen (secondary N) is 1. The molecule has 0 radical (unpaired) electrons. The van der Waals surface area contributed by atoms with Gasteiger partial charge in [0, 0.05) is 5.69 Å². The molecule has 0 saturated heterocycles. The summed E-state index contributed by atoms with van der Waals surface area (Å²) in [5.74, 6) is 0. The lowest BCUT2D eigenvalue weighted by molar-refractivity contribution is 0.210. The summed E-state index contributed by atoms with van der Waals surface area (Å²) in [5.41, 5.74) is 1.09. The van der Waals surface area contributed by atoms with Gasteiger partial charge in [-0.1, -0.05) is 12.1 Å². The first-order valence-electron chi connectivity index (χ1n) is 4.27. The number of benzene rings is 1. The average molecular weight is 213 g/mol. The predicted molar refractivity (Wildman–Crippen MR) is 57.3 cm³/mol. The minimum absolute atomic E-state index is 0.000978. The van der Waals surface area contributed by atoms with E-state index in [4.69, 9.17) is 15.6 Å². The molecule has 0 saturated carbocycles. The minimum atomic E-state index is -1.14. The van der Waals surface area contributed by atoms with Gasteiger partial charge in [-0.25, -0.2) is 4.79 Å². The number of hydrogen-bond donors (Lipinski definition) is 2. The zero-order chi connectivity index (χ0) is 12.0. The standard InChI is InChI=1S/C11H7N3O2/c12-6-9(7-13)5-8-1-3-10(4-2-8)14-11(15)16/h1-5,14H,(H,15,16). The molecule has 0 spiro atoms. The maximum absolute atomic E-state index is 10.3. The third-order valence-corrected chi connectivity index (χ3v) is 1.71. The topological polar surface area (TPSA) is 96.9 Å². The van der Waals surface area contributed by atoms with Crippen molar-refractivity contribution in [2.75, 3.05) is 5.32 Å². The van der Waals surface area contributed by atoms with Crippen LogP contribution < -0.4 is 5.32 Å². The molecule has 0 unspecified atom stereocenters. The molecule has 1 aromatic rings. The molecule has 0 aromatic heterocycles. The number of hydrogen-bond acceptors (Lipinski definition) is 3. The Bertz CT molecular complexity index is 488. The van der Waals surface area contributed by atoms with Crippen LogP contribution in [0.2, 0.25) is 0 Å². The fourth-order valence-electron chi connectivity index (χ4n) is 1.04. The van der Waals surface area contributed by atoms with E-state index in [0.717, 1.165) is 0 Å². The van der Waals surface area contributed by atoms with Crippen LogP contribution in [0.5, 0.6) is 0 Å². The van der Waals surface area contributed by atoms with E-state index < -0.39 is 6.09 Å². The van der Waals surface area contributed by atoms with Crippen LogP contribution in [0.25, 0.3) is 6.08 Å². The highest BCUT2D eigenvalue weighted by Gasteiger charge is 1.98. The third kappa shape index (κ3) is 3.17. The van der Waals surface area contributed by atoms with Crippen molar-refractivity contribution in [1.82, 2.24) is 0 Å². The first-order chi connectivity index (χ1) is 7.65. The Labute approximate surface area is 91.9 Å². The normalized spacial score (nSPS) is 8.38. The van der Waals surface area contributed by atoms with Gasteiger partial charge in [-0.05, 0) is 23.8 Å². The molecule has 5 heteroatoms. The van der Waals surface area contributed by atoms with Crippen molar-refractivity contribution in [2.45, 2.75) is 0 Å². The summed E-state index contributed by atoms with van der Waals surface area (Å²) in [6, 6.07) is 9.79. The van der Waals surface area contributed by atoms with Gasteiger partial charge < -0.3 is 5.11 Å². The summed E-state index contributed by atoms with van der Waals surface area (Å²) in [7, 11) is 0. The van der Waals surface area contributed by atoms with Crippen molar-refractivity contribution in [3.05, 3.63) is 35.4 Å². The van der Waals surface area contributed by atoms with Crippen molar-refractivity contribution in [2.24, 2.45) is 0 Å². The lowest BCUT2D eigenvalue weighted by Gasteiger charge is -2.00. The third-order valence-electron chi connectivity index (χ3n) is 1.71. The molecule has 1 rings (SSSR count). The van der Waals surface area contributed by atoms with Gasteiger partial charge in [-0.3, -0.25) is 5.32 Å². The average Bonchev–Trinajstić information content (AvgIpc) is 2.27. The van der Waals surface area contributed by atoms with Gasteiger partial charge >= 0.3 is 6.09 Å². The van der Waals surface area contributed by atoms with E-state index in [1.807, 2.05) is 0 Å². The largest absolute Gasteiger partial charge is 0.465 e. The van der Waals surface area contributed by atoms with Crippen molar-refractivity contribution >= 4 is 17.9 Å². The Morgan fingerprint density at radius 3 is 2.25 bits per heavy atom. The van der Waals surface area contributed by atoms with E-state index in [0.29, 0.717) is 11.3 Å². The Kier molecular flexibility index (Phi) is 3.65. The fraction of sp³-hybridized carbons (Fsp3) is 0. The van der Waals surface area contributed by atoms with Crippen LogP contribution in [0.15, 0.2) is 29.8 Å². The van der Waals surface area contributed by atoms with E-state index in [1.165, 1.54) is 6.08 Å². The molecule has 2 N–H and O–H groups in total. The summed E-state index contributed by atoms with van der Waals surface area (Å²) in [6.45, 7) is 0. The predicted octanol–water partition coefficient (Wildman–Crippen LogP) is 2.21. The van der Waals surface area contributed by atoms with Crippen LogP contribution in [0, 0.1) is 22.7 Å². The molecule has 0 fully saturated rings. The van der Waals surface area contributed by atoms with Gasteiger partial charge in [0.2, 0.25) is 0 Å². The smallest absolute Gasteiger partial charge is 0.409 e. The summed E-state index contributed by atoms with van der Waals surface area (Å²) in [5, 5.41) is 27.7. The molecule has 0 aliphatic carbocycles. The van der Waals surface area contributed by atoms with E-state index in [2.05, 4.69) is 5.32 Å². The van der Waals surface area contributed by atoms with Crippen molar-refractivity contribution < 1.29 is 9.90 Å². The molecule has 0 heterocycles. The minimum Gasteiger partial charge on any atom is -0.465 e. The highest BCUT2D eigenvalue weighted by molar-refractivity contribution is 5.83. The van der Waals surface area contributed by atoms with Crippen LogP contribution in [-0.2, 0) is 0 Å². The number of carbonyl (C=O) groups is 1. The van der Waals surface area contributed by atoms with Crippen LogP contribution in [0.3, 0.4) is 0 Å². The summed E-state index contributed by atoms with van der Waals surface area (Å²) in [6.07, 6.45) is 0.280. The number of rotatable bonds is 2. The second kappa shape index (κ2) is 5.18. The van der Waals surface area contributed by atoms with Crippen LogP contribution in [-0.4, -0.2) is 11.2 Å². The number of amides is 1. The Morgan fingerprint density at radius 2 is 1.81 bits per heavy atom. The van der Waals surface area contributed by atoms with E-state index in [1.54, 1.807) is 36.4 Å². The van der Waals surface area contributed by atoms with Crippen LogP contribution in [0.1, 0.15) is 5.56 Å². The highest BCUT2D eigenvalue weighted by atomic mass is 16.4. The highest BCUT2D eigenvalue weighted by Crippen LogP contribution is 2.12. The quantitative estimate of drug-likeness (QED) is 0.736. The van der Waals surface area contributed by atoms with E-state index in [9.17, 15) is 4.79 Å². The Morgan fingerprint density at radius 1 is 1.25 bits per heavy atom. The van der Waals surface area contributed by atoms with E-state index >= 15 is 0 Å². The lowest BCUT2D eigenvalue weighted by atomic mass is 10.1. The molecule has 0 aliphatic rings. The SMILES string of the molecule is N#CC(C#N)=Cc1ccc(NC(=O)O)cc1. The maximum Gasteiger partial charge on any atom is 0.409 e. The summed E-state index contributed by atoms with van der Waals surface area (Å²) >= 11 is 0. The molecule has 1 aromatic carbocycles. The maximum atomic E-state index is 10.3. The second-order valence-electron chi connectivity index (χ2n) is 2.83. The van der Waals surface area contributed by atoms with Gasteiger partial charge in [0.25, 0.3) is 0 Å². The van der Waals surface area contributed by atoms with Crippen LogP contribution in [0.4, 0.5) is 10.5 Å². The summed E-state index contributed by atoms with van der Waals surface area (Å²) < 4.78 is 0. The van der Waals surface area contributed by atoms with Crippen molar-refractivity contribution in [1.29, 1.82) is 10.5 Å². The first-order valence-corrected chi connectivity index (χ1v) is 4.27. The monoisotopic (exact) mass is 213 g/mol.